The zero-order chi connectivity index (χ0) is 8.10. The van der Waals surface area contributed by atoms with Crippen LogP contribution < -0.4 is 5.32 Å². The van der Waals surface area contributed by atoms with Crippen LogP contribution in [0.4, 0.5) is 0 Å². The number of nitrogens with zero attached hydrogens (tertiary/aromatic N) is 4. The van der Waals surface area contributed by atoms with Gasteiger partial charge in [-0.15, -0.1) is 10.2 Å². The summed E-state index contributed by atoms with van der Waals surface area (Å²) in [5, 5.41) is 14.9. The largest absolute Gasteiger partial charge is 0.310 e. The lowest BCUT2D eigenvalue weighted by Crippen LogP contribution is -2.13. The molecule has 0 aromatic carbocycles. The van der Waals surface area contributed by atoms with E-state index in [1.807, 2.05) is 13.8 Å². The summed E-state index contributed by atoms with van der Waals surface area (Å²) in [6.45, 7) is 6.44. The maximum atomic E-state index is 4.10. The summed E-state index contributed by atoms with van der Waals surface area (Å²) in [4.78, 5) is 1.58. The molecular weight excluding hydrogens is 142 g/mol. The molecule has 62 valence electrons. The van der Waals surface area contributed by atoms with Gasteiger partial charge >= 0.3 is 0 Å². The van der Waals surface area contributed by atoms with Crippen LogP contribution in [0.5, 0.6) is 0 Å². The molecule has 11 heavy (non-hydrogen) atoms. The average Bonchev–Trinajstić information content (AvgIpc) is 2.48. The molecule has 0 aliphatic heterocycles. The van der Waals surface area contributed by atoms with E-state index in [2.05, 4.69) is 20.7 Å². The van der Waals surface area contributed by atoms with Gasteiger partial charge < -0.3 is 5.32 Å². The van der Waals surface area contributed by atoms with Gasteiger partial charge in [0.2, 0.25) is 0 Å². The second-order valence-corrected chi connectivity index (χ2v) is 2.17. The average molecular weight is 155 g/mol. The van der Waals surface area contributed by atoms with Crippen molar-refractivity contribution < 1.29 is 0 Å². The topological polar surface area (TPSA) is 55.6 Å². The van der Waals surface area contributed by atoms with E-state index >= 15 is 0 Å². The second kappa shape index (κ2) is 4.02. The third kappa shape index (κ3) is 2.27. The lowest BCUT2D eigenvalue weighted by molar-refractivity contribution is 0.548. The van der Waals surface area contributed by atoms with Crippen LogP contribution in [0, 0.1) is 0 Å². The summed E-state index contributed by atoms with van der Waals surface area (Å²) in [5.74, 6) is 0.758. The van der Waals surface area contributed by atoms with E-state index in [1.165, 1.54) is 0 Å². The summed E-state index contributed by atoms with van der Waals surface area (Å²) >= 11 is 0. The Labute approximate surface area is 65.8 Å². The van der Waals surface area contributed by atoms with Gasteiger partial charge in [-0.3, -0.25) is 0 Å². The number of tetrazole rings is 1. The van der Waals surface area contributed by atoms with Crippen molar-refractivity contribution in [2.75, 3.05) is 6.54 Å². The quantitative estimate of drug-likeness (QED) is 0.654. The molecule has 0 saturated carbocycles. The van der Waals surface area contributed by atoms with Gasteiger partial charge in [0.1, 0.15) is 0 Å². The lowest BCUT2D eigenvalue weighted by atomic mass is 10.6. The molecule has 0 aliphatic rings. The minimum atomic E-state index is 0.705. The van der Waals surface area contributed by atoms with Crippen LogP contribution in [0.1, 0.15) is 19.7 Å². The van der Waals surface area contributed by atoms with Crippen molar-refractivity contribution in [3.8, 4) is 0 Å². The highest BCUT2D eigenvalue weighted by atomic mass is 15.6. The van der Waals surface area contributed by atoms with E-state index < -0.39 is 0 Å². The number of nitrogens with one attached hydrogen (secondary N) is 1. The summed E-state index contributed by atoms with van der Waals surface area (Å²) in [6, 6.07) is 0. The van der Waals surface area contributed by atoms with Crippen LogP contribution in [0.15, 0.2) is 0 Å². The molecule has 1 rings (SSSR count). The van der Waals surface area contributed by atoms with Crippen LogP contribution in [-0.4, -0.2) is 26.8 Å². The van der Waals surface area contributed by atoms with Crippen molar-refractivity contribution in [2.24, 2.45) is 0 Å². The van der Waals surface area contributed by atoms with E-state index in [1.54, 1.807) is 4.80 Å². The first-order valence-electron chi connectivity index (χ1n) is 3.84. The van der Waals surface area contributed by atoms with Gasteiger partial charge in [0, 0.05) is 0 Å². The van der Waals surface area contributed by atoms with Gasteiger partial charge in [0.15, 0.2) is 5.82 Å². The third-order valence-corrected chi connectivity index (χ3v) is 1.31. The fourth-order valence-electron chi connectivity index (χ4n) is 0.718. The first-order valence-corrected chi connectivity index (χ1v) is 3.84. The highest BCUT2D eigenvalue weighted by Crippen LogP contribution is 1.84. The Hall–Kier alpha value is -0.970. The molecule has 0 unspecified atom stereocenters. The number of hydrogen-bond acceptors (Lipinski definition) is 4. The first-order chi connectivity index (χ1) is 5.36. The number of hydrogen-bond donors (Lipinski definition) is 1. The highest BCUT2D eigenvalue weighted by molar-refractivity contribution is 4.74. The van der Waals surface area contributed by atoms with Gasteiger partial charge in [-0.1, -0.05) is 6.92 Å². The molecule has 5 heteroatoms. The standard InChI is InChI=1S/C6H13N5/c1-3-7-5-6-8-10-11(4-2)9-6/h7H,3-5H2,1-2H3. The van der Waals surface area contributed by atoms with Crippen LogP contribution in [0.3, 0.4) is 0 Å². The molecule has 0 radical (unpaired) electrons. The van der Waals surface area contributed by atoms with Crippen molar-refractivity contribution in [1.29, 1.82) is 0 Å². The van der Waals surface area contributed by atoms with Crippen LogP contribution in [0.2, 0.25) is 0 Å². The van der Waals surface area contributed by atoms with E-state index in [0.717, 1.165) is 18.9 Å². The van der Waals surface area contributed by atoms with Gasteiger partial charge in [-0.25, -0.2) is 0 Å². The molecule has 5 nitrogen and oxygen atoms in total. The molecule has 1 N–H and O–H groups in total. The molecule has 0 bridgehead atoms. The smallest absolute Gasteiger partial charge is 0.188 e. The van der Waals surface area contributed by atoms with E-state index in [0.29, 0.717) is 6.54 Å². The molecule has 0 saturated heterocycles. The van der Waals surface area contributed by atoms with E-state index in [9.17, 15) is 0 Å². The molecule has 0 fully saturated rings. The van der Waals surface area contributed by atoms with Gasteiger partial charge in [-0.05, 0) is 18.7 Å². The summed E-state index contributed by atoms with van der Waals surface area (Å²) in [5.41, 5.74) is 0. The zero-order valence-corrected chi connectivity index (χ0v) is 6.91. The SMILES string of the molecule is CCNCc1nnn(CC)n1. The molecule has 0 spiro atoms. The number of aromatic nitrogens is 4. The molecule has 0 atom stereocenters. The molecule has 0 amide bonds. The molecule has 0 aliphatic carbocycles. The summed E-state index contributed by atoms with van der Waals surface area (Å²) in [6.07, 6.45) is 0. The van der Waals surface area contributed by atoms with Crippen LogP contribution in [-0.2, 0) is 13.1 Å². The van der Waals surface area contributed by atoms with E-state index in [-0.39, 0.29) is 0 Å². The monoisotopic (exact) mass is 155 g/mol. The fraction of sp³-hybridized carbons (Fsp3) is 0.833. The van der Waals surface area contributed by atoms with Crippen LogP contribution in [0.25, 0.3) is 0 Å². The Kier molecular flexibility index (Phi) is 2.97. The fourth-order valence-corrected chi connectivity index (χ4v) is 0.718. The maximum absolute atomic E-state index is 4.10. The zero-order valence-electron chi connectivity index (χ0n) is 6.91. The molecular formula is C6H13N5. The minimum absolute atomic E-state index is 0.705. The molecule has 1 aromatic rings. The number of aryl methyl sites for hydroxylation is 1. The second-order valence-electron chi connectivity index (χ2n) is 2.17. The number of rotatable bonds is 4. The Bertz CT molecular complexity index is 206. The predicted octanol–water partition coefficient (Wildman–Crippen LogP) is -0.198. The van der Waals surface area contributed by atoms with Gasteiger partial charge in [0.05, 0.1) is 13.1 Å². The summed E-state index contributed by atoms with van der Waals surface area (Å²) in [7, 11) is 0. The third-order valence-electron chi connectivity index (χ3n) is 1.31. The van der Waals surface area contributed by atoms with Crippen LogP contribution >= 0.6 is 0 Å². The summed E-state index contributed by atoms with van der Waals surface area (Å²) < 4.78 is 0. The minimum Gasteiger partial charge on any atom is -0.310 e. The normalized spacial score (nSPS) is 10.4. The van der Waals surface area contributed by atoms with Crippen molar-refractivity contribution in [1.82, 2.24) is 25.5 Å². The van der Waals surface area contributed by atoms with Crippen molar-refractivity contribution in [2.45, 2.75) is 26.9 Å². The predicted molar refractivity (Wildman–Crippen MR) is 40.9 cm³/mol. The Balaban J connectivity index is 2.44. The van der Waals surface area contributed by atoms with E-state index in [4.69, 9.17) is 0 Å². The Morgan fingerprint density at radius 1 is 1.45 bits per heavy atom. The Morgan fingerprint density at radius 2 is 2.27 bits per heavy atom. The van der Waals surface area contributed by atoms with Crippen molar-refractivity contribution in [3.05, 3.63) is 5.82 Å². The van der Waals surface area contributed by atoms with Gasteiger partial charge in [0.25, 0.3) is 0 Å². The van der Waals surface area contributed by atoms with Crippen molar-refractivity contribution in [3.63, 3.8) is 0 Å². The van der Waals surface area contributed by atoms with Gasteiger partial charge in [-0.2, -0.15) is 4.80 Å². The first kappa shape index (κ1) is 8.13. The molecule has 1 aromatic heterocycles. The van der Waals surface area contributed by atoms with Crippen molar-refractivity contribution >= 4 is 0 Å². The molecule has 1 heterocycles. The highest BCUT2D eigenvalue weighted by Gasteiger charge is 1.98. The maximum Gasteiger partial charge on any atom is 0.188 e. The lowest BCUT2D eigenvalue weighted by Gasteiger charge is -1.92. The Morgan fingerprint density at radius 3 is 2.82 bits per heavy atom.